The number of methoxy groups -OCH3 is 1. The molecule has 1 amide bonds. The number of nitrogens with one attached hydrogen (secondary N) is 1. The van der Waals surface area contributed by atoms with Gasteiger partial charge in [-0.15, -0.1) is 0 Å². The Morgan fingerprint density at radius 3 is 2.28 bits per heavy atom. The van der Waals surface area contributed by atoms with Crippen molar-refractivity contribution < 1.29 is 23.0 Å². The van der Waals surface area contributed by atoms with Crippen molar-refractivity contribution >= 4 is 5.91 Å². The summed E-state index contributed by atoms with van der Waals surface area (Å²) < 4.78 is 34.5. The highest BCUT2D eigenvalue weighted by molar-refractivity contribution is 5.94. The number of amides is 1. The fourth-order valence-corrected chi connectivity index (χ4v) is 2.93. The predicted octanol–water partition coefficient (Wildman–Crippen LogP) is 4.94. The van der Waals surface area contributed by atoms with Crippen LogP contribution in [-0.4, -0.2) is 26.2 Å². The van der Waals surface area contributed by atoms with E-state index in [9.17, 15) is 13.6 Å². The Morgan fingerprint density at radius 1 is 0.931 bits per heavy atom. The van der Waals surface area contributed by atoms with Crippen molar-refractivity contribution in [1.82, 2.24) is 5.32 Å². The first kappa shape index (κ1) is 20.3. The van der Waals surface area contributed by atoms with Crippen LogP contribution in [0.4, 0.5) is 8.78 Å². The maximum absolute atomic E-state index is 12.5. The van der Waals surface area contributed by atoms with Crippen molar-refractivity contribution in [2.75, 3.05) is 13.7 Å². The molecule has 6 heteroatoms. The summed E-state index contributed by atoms with van der Waals surface area (Å²) in [5.74, 6) is 0.0154. The number of carbonyl (C=O) groups excluding carboxylic acids is 1. The molecular weight excluding hydrogens is 376 g/mol. The van der Waals surface area contributed by atoms with Gasteiger partial charge in [0.25, 0.3) is 5.91 Å². The second-order valence-corrected chi connectivity index (χ2v) is 6.31. The predicted molar refractivity (Wildman–Crippen MR) is 108 cm³/mol. The quantitative estimate of drug-likeness (QED) is 0.586. The molecule has 0 spiro atoms. The Balaban J connectivity index is 1.57. The average Bonchev–Trinajstić information content (AvgIpc) is 2.74. The summed E-state index contributed by atoms with van der Waals surface area (Å²) >= 11 is 0. The van der Waals surface area contributed by atoms with Crippen molar-refractivity contribution in [3.8, 4) is 22.6 Å². The van der Waals surface area contributed by atoms with Crippen molar-refractivity contribution in [3.63, 3.8) is 0 Å². The van der Waals surface area contributed by atoms with Crippen LogP contribution in [0.5, 0.6) is 11.5 Å². The molecule has 0 aromatic heterocycles. The van der Waals surface area contributed by atoms with E-state index in [1.807, 2.05) is 42.5 Å². The van der Waals surface area contributed by atoms with Gasteiger partial charge in [-0.25, -0.2) is 0 Å². The summed E-state index contributed by atoms with van der Waals surface area (Å²) in [5.41, 5.74) is 3.43. The third kappa shape index (κ3) is 5.54. The molecule has 0 bridgehead atoms. The average molecular weight is 397 g/mol. The lowest BCUT2D eigenvalue weighted by molar-refractivity contribution is -0.0512. The lowest BCUT2D eigenvalue weighted by Gasteiger charge is -2.12. The molecule has 0 saturated heterocycles. The standard InChI is InChI=1S/C23H21F2NO3/c1-28-20-12-7-16(15-21(20)29-23(24)25)13-14-26-22(27)19-10-8-18(9-11-19)17-5-3-2-4-6-17/h2-12,15,23H,13-14H2,1H3,(H,26,27). The highest BCUT2D eigenvalue weighted by Crippen LogP contribution is 2.29. The zero-order valence-electron chi connectivity index (χ0n) is 15.9. The van der Waals surface area contributed by atoms with Crippen molar-refractivity contribution in [2.45, 2.75) is 13.0 Å². The summed E-state index contributed by atoms with van der Waals surface area (Å²) in [4.78, 5) is 12.3. The van der Waals surface area contributed by atoms with Gasteiger partial charge in [-0.05, 0) is 47.4 Å². The second-order valence-electron chi connectivity index (χ2n) is 6.31. The van der Waals surface area contributed by atoms with Gasteiger partial charge in [0.2, 0.25) is 0 Å². The monoisotopic (exact) mass is 397 g/mol. The van der Waals surface area contributed by atoms with Crippen LogP contribution < -0.4 is 14.8 Å². The molecule has 3 aromatic rings. The normalized spacial score (nSPS) is 10.6. The Labute approximate surface area is 168 Å². The smallest absolute Gasteiger partial charge is 0.387 e. The molecule has 0 saturated carbocycles. The van der Waals surface area contributed by atoms with Crippen LogP contribution in [0.15, 0.2) is 72.8 Å². The second kappa shape index (κ2) is 9.68. The fourth-order valence-electron chi connectivity index (χ4n) is 2.93. The minimum Gasteiger partial charge on any atom is -0.493 e. The van der Waals surface area contributed by atoms with Crippen LogP contribution in [0.25, 0.3) is 11.1 Å². The lowest BCUT2D eigenvalue weighted by atomic mass is 10.0. The molecule has 0 aliphatic heterocycles. The SMILES string of the molecule is COc1ccc(CCNC(=O)c2ccc(-c3ccccc3)cc2)cc1OC(F)F. The van der Waals surface area contributed by atoms with E-state index in [2.05, 4.69) is 10.1 Å². The minimum atomic E-state index is -2.93. The van der Waals surface area contributed by atoms with Gasteiger partial charge >= 0.3 is 6.61 Å². The summed E-state index contributed by atoms with van der Waals surface area (Å²) in [7, 11) is 1.39. The zero-order valence-corrected chi connectivity index (χ0v) is 15.9. The van der Waals surface area contributed by atoms with E-state index < -0.39 is 6.61 Å². The molecule has 4 nitrogen and oxygen atoms in total. The third-order valence-corrected chi connectivity index (χ3v) is 4.40. The third-order valence-electron chi connectivity index (χ3n) is 4.40. The van der Waals surface area contributed by atoms with Gasteiger partial charge < -0.3 is 14.8 Å². The van der Waals surface area contributed by atoms with E-state index in [1.165, 1.54) is 13.2 Å². The van der Waals surface area contributed by atoms with E-state index in [1.54, 1.807) is 24.3 Å². The van der Waals surface area contributed by atoms with Crippen LogP contribution in [0.1, 0.15) is 15.9 Å². The molecule has 0 aliphatic carbocycles. The number of hydrogen-bond acceptors (Lipinski definition) is 3. The minimum absolute atomic E-state index is 0.0252. The van der Waals surface area contributed by atoms with Crippen LogP contribution >= 0.6 is 0 Å². The van der Waals surface area contributed by atoms with Gasteiger partial charge in [-0.3, -0.25) is 4.79 Å². The molecule has 0 aliphatic rings. The number of alkyl halides is 2. The molecular formula is C23H21F2NO3. The van der Waals surface area contributed by atoms with Crippen LogP contribution in [-0.2, 0) is 6.42 Å². The Kier molecular flexibility index (Phi) is 6.79. The van der Waals surface area contributed by atoms with Crippen molar-refractivity contribution in [2.24, 2.45) is 0 Å². The molecule has 0 unspecified atom stereocenters. The molecule has 0 radical (unpaired) electrons. The molecule has 1 N–H and O–H groups in total. The van der Waals surface area contributed by atoms with Gasteiger partial charge in [-0.2, -0.15) is 8.78 Å². The first-order chi connectivity index (χ1) is 14.1. The first-order valence-corrected chi connectivity index (χ1v) is 9.12. The molecule has 3 rings (SSSR count). The van der Waals surface area contributed by atoms with E-state index in [0.29, 0.717) is 18.5 Å². The largest absolute Gasteiger partial charge is 0.493 e. The maximum Gasteiger partial charge on any atom is 0.387 e. The van der Waals surface area contributed by atoms with Gasteiger partial charge in [0.15, 0.2) is 11.5 Å². The van der Waals surface area contributed by atoms with Crippen LogP contribution in [0, 0.1) is 0 Å². The van der Waals surface area contributed by atoms with Crippen molar-refractivity contribution in [1.29, 1.82) is 0 Å². The fraction of sp³-hybridized carbons (Fsp3) is 0.174. The van der Waals surface area contributed by atoms with Gasteiger partial charge in [0, 0.05) is 12.1 Å². The number of halogens is 2. The number of benzene rings is 3. The Hall–Kier alpha value is -3.41. The maximum atomic E-state index is 12.5. The van der Waals surface area contributed by atoms with Crippen molar-refractivity contribution in [3.05, 3.63) is 83.9 Å². The number of carbonyl (C=O) groups is 1. The highest BCUT2D eigenvalue weighted by Gasteiger charge is 2.12. The van der Waals surface area contributed by atoms with E-state index in [0.717, 1.165) is 16.7 Å². The summed E-state index contributed by atoms with van der Waals surface area (Å²) in [6.07, 6.45) is 0.470. The molecule has 3 aromatic carbocycles. The molecule has 0 atom stereocenters. The molecule has 0 fully saturated rings. The van der Waals surface area contributed by atoms with Gasteiger partial charge in [0.05, 0.1) is 7.11 Å². The topological polar surface area (TPSA) is 47.6 Å². The molecule has 0 heterocycles. The summed E-state index contributed by atoms with van der Waals surface area (Å²) in [5, 5.41) is 2.84. The molecule has 29 heavy (non-hydrogen) atoms. The van der Waals surface area contributed by atoms with Gasteiger partial charge in [0.1, 0.15) is 0 Å². The van der Waals surface area contributed by atoms with Crippen LogP contribution in [0.3, 0.4) is 0 Å². The van der Waals surface area contributed by atoms with E-state index in [4.69, 9.17) is 4.74 Å². The molecule has 150 valence electrons. The highest BCUT2D eigenvalue weighted by atomic mass is 19.3. The number of rotatable bonds is 8. The van der Waals surface area contributed by atoms with Gasteiger partial charge in [-0.1, -0.05) is 48.5 Å². The Morgan fingerprint density at radius 2 is 1.62 bits per heavy atom. The lowest BCUT2D eigenvalue weighted by Crippen LogP contribution is -2.25. The zero-order chi connectivity index (χ0) is 20.6. The summed E-state index contributed by atoms with van der Waals surface area (Å²) in [6.45, 7) is -2.57. The van der Waals surface area contributed by atoms with Crippen LogP contribution in [0.2, 0.25) is 0 Å². The summed E-state index contributed by atoms with van der Waals surface area (Å²) in [6, 6.07) is 22.1. The first-order valence-electron chi connectivity index (χ1n) is 9.12. The Bertz CT molecular complexity index is 944. The van der Waals surface area contributed by atoms with E-state index >= 15 is 0 Å². The number of ether oxygens (including phenoxy) is 2. The van der Waals surface area contributed by atoms with E-state index in [-0.39, 0.29) is 17.4 Å². The number of hydrogen-bond donors (Lipinski definition) is 1.